The fourth-order valence-corrected chi connectivity index (χ4v) is 2.81. The number of esters is 1. The molecular weight excluding hydrogens is 372 g/mol. The van der Waals surface area contributed by atoms with Crippen molar-refractivity contribution in [1.29, 1.82) is 0 Å². The van der Waals surface area contributed by atoms with Crippen LogP contribution in [0.5, 0.6) is 0 Å². The molecule has 8 nitrogen and oxygen atoms in total. The van der Waals surface area contributed by atoms with Crippen LogP contribution in [0.3, 0.4) is 0 Å². The second-order valence-electron chi connectivity index (χ2n) is 5.36. The van der Waals surface area contributed by atoms with E-state index in [1.807, 2.05) is 6.92 Å². The molecule has 0 amide bonds. The largest absolute Gasteiger partial charge is 0.480 e. The molecule has 0 radical (unpaired) electrons. The number of benzene rings is 1. The van der Waals surface area contributed by atoms with E-state index in [-0.39, 0.29) is 6.61 Å². The molecule has 10 heteroatoms. The van der Waals surface area contributed by atoms with Crippen molar-refractivity contribution in [1.82, 2.24) is 4.31 Å². The fraction of sp³-hybridized carbons (Fsp3) is 0.467. The number of ether oxygens (including phenoxy) is 1. The van der Waals surface area contributed by atoms with Gasteiger partial charge in [0.2, 0.25) is 0 Å². The number of hydrogen-bond donors (Lipinski definition) is 2. The highest BCUT2D eigenvalue weighted by molar-refractivity contribution is 7.86. The average molecular weight is 393 g/mol. The number of rotatable bonds is 10. The molecule has 0 heterocycles. The minimum absolute atomic E-state index is 0.188. The second kappa shape index (κ2) is 9.71. The minimum Gasteiger partial charge on any atom is -0.480 e. The van der Waals surface area contributed by atoms with Gasteiger partial charge < -0.3 is 9.84 Å². The lowest BCUT2D eigenvalue weighted by atomic mass is 9.99. The molecule has 0 aliphatic heterocycles. The molecule has 0 saturated carbocycles. The highest BCUT2D eigenvalue weighted by Crippen LogP contribution is 2.22. The van der Waals surface area contributed by atoms with Gasteiger partial charge in [-0.3, -0.25) is 9.59 Å². The Morgan fingerprint density at radius 2 is 1.92 bits per heavy atom. The van der Waals surface area contributed by atoms with Crippen LogP contribution in [0.1, 0.15) is 31.2 Å². The SMILES string of the molecule is CCCCOC(=O)C(CN(CC(=O)O)S(N)(=O)=O)c1ccc(Cl)cc1. The summed E-state index contributed by atoms with van der Waals surface area (Å²) in [5.41, 5.74) is 0.449. The summed E-state index contributed by atoms with van der Waals surface area (Å²) in [4.78, 5) is 23.3. The van der Waals surface area contributed by atoms with E-state index in [1.165, 1.54) is 0 Å². The predicted octanol–water partition coefficient (Wildman–Crippen LogP) is 1.36. The van der Waals surface area contributed by atoms with Crippen LogP contribution < -0.4 is 5.14 Å². The number of halogens is 1. The van der Waals surface area contributed by atoms with Crippen LogP contribution >= 0.6 is 11.6 Å². The van der Waals surface area contributed by atoms with Crippen molar-refractivity contribution in [2.24, 2.45) is 5.14 Å². The van der Waals surface area contributed by atoms with Gasteiger partial charge in [0.15, 0.2) is 0 Å². The molecule has 0 aliphatic carbocycles. The molecule has 1 aromatic carbocycles. The number of carboxylic acids is 1. The van der Waals surface area contributed by atoms with E-state index < -0.39 is 41.2 Å². The van der Waals surface area contributed by atoms with Crippen LogP contribution in [-0.4, -0.2) is 49.5 Å². The van der Waals surface area contributed by atoms with Crippen molar-refractivity contribution < 1.29 is 27.9 Å². The Hall–Kier alpha value is -1.68. The molecule has 1 rings (SSSR count). The van der Waals surface area contributed by atoms with E-state index in [0.29, 0.717) is 21.3 Å². The summed E-state index contributed by atoms with van der Waals surface area (Å²) in [5.74, 6) is -3.06. The molecule has 1 atom stereocenters. The quantitative estimate of drug-likeness (QED) is 0.457. The number of nitrogens with two attached hydrogens (primary N) is 1. The van der Waals surface area contributed by atoms with Crippen molar-refractivity contribution in [3.05, 3.63) is 34.9 Å². The van der Waals surface area contributed by atoms with Crippen LogP contribution in [0.2, 0.25) is 5.02 Å². The van der Waals surface area contributed by atoms with Crippen molar-refractivity contribution >= 4 is 33.7 Å². The number of carbonyl (C=O) groups excluding carboxylic acids is 1. The molecule has 0 fully saturated rings. The van der Waals surface area contributed by atoms with E-state index in [1.54, 1.807) is 24.3 Å². The lowest BCUT2D eigenvalue weighted by Gasteiger charge is -2.23. The van der Waals surface area contributed by atoms with Gasteiger partial charge in [-0.1, -0.05) is 37.1 Å². The van der Waals surface area contributed by atoms with E-state index in [0.717, 1.165) is 6.42 Å². The molecule has 0 spiro atoms. The van der Waals surface area contributed by atoms with Gasteiger partial charge in [-0.15, -0.1) is 0 Å². The van der Waals surface area contributed by atoms with Gasteiger partial charge in [0, 0.05) is 11.6 Å². The Bertz CT molecular complexity index is 692. The second-order valence-corrected chi connectivity index (χ2v) is 7.34. The number of carbonyl (C=O) groups is 2. The van der Waals surface area contributed by atoms with Gasteiger partial charge in [0.1, 0.15) is 6.54 Å². The average Bonchev–Trinajstić information content (AvgIpc) is 2.51. The van der Waals surface area contributed by atoms with Gasteiger partial charge in [-0.25, -0.2) is 5.14 Å². The first-order chi connectivity index (χ1) is 11.6. The van der Waals surface area contributed by atoms with Crippen LogP contribution in [0.25, 0.3) is 0 Å². The highest BCUT2D eigenvalue weighted by Gasteiger charge is 2.30. The molecule has 1 unspecified atom stereocenters. The lowest BCUT2D eigenvalue weighted by Crippen LogP contribution is -2.43. The van der Waals surface area contributed by atoms with Crippen LogP contribution in [0.15, 0.2) is 24.3 Å². The number of carboxylic acid groups (broad SMARTS) is 1. The molecule has 0 saturated heterocycles. The van der Waals surface area contributed by atoms with Gasteiger partial charge in [0.05, 0.1) is 12.5 Å². The molecule has 3 N–H and O–H groups in total. The third-order valence-electron chi connectivity index (χ3n) is 3.36. The minimum atomic E-state index is -4.31. The van der Waals surface area contributed by atoms with E-state index >= 15 is 0 Å². The molecule has 0 aromatic heterocycles. The summed E-state index contributed by atoms with van der Waals surface area (Å²) in [6, 6.07) is 6.19. The summed E-state index contributed by atoms with van der Waals surface area (Å²) in [5, 5.41) is 14.4. The number of unbranched alkanes of at least 4 members (excludes halogenated alkanes) is 1. The maximum absolute atomic E-state index is 12.4. The van der Waals surface area contributed by atoms with E-state index in [4.69, 9.17) is 26.6 Å². The standard InChI is InChI=1S/C15H21ClN2O6S/c1-2-3-8-24-15(21)13(11-4-6-12(16)7-5-11)9-18(10-14(19)20)25(17,22)23/h4-7,13H,2-3,8-10H2,1H3,(H,19,20)(H2,17,22,23). The maximum Gasteiger partial charge on any atom is 0.318 e. The molecule has 1 aromatic rings. The first kappa shape index (κ1) is 21.4. The zero-order chi connectivity index (χ0) is 19.0. The summed E-state index contributed by atoms with van der Waals surface area (Å²) in [6.07, 6.45) is 1.48. The van der Waals surface area contributed by atoms with Crippen molar-refractivity contribution in [2.75, 3.05) is 19.7 Å². The summed E-state index contributed by atoms with van der Waals surface area (Å²) in [6.45, 7) is 0.816. The first-order valence-corrected chi connectivity index (χ1v) is 9.45. The van der Waals surface area contributed by atoms with Crippen LogP contribution in [-0.2, 0) is 24.5 Å². The van der Waals surface area contributed by atoms with Crippen LogP contribution in [0.4, 0.5) is 0 Å². The molecular formula is C15H21ClN2O6S. The van der Waals surface area contributed by atoms with Crippen LogP contribution in [0, 0.1) is 0 Å². The summed E-state index contributed by atoms with van der Waals surface area (Å²) >= 11 is 5.83. The normalized spacial score (nSPS) is 12.8. The summed E-state index contributed by atoms with van der Waals surface area (Å²) in [7, 11) is -4.31. The Morgan fingerprint density at radius 3 is 2.40 bits per heavy atom. The van der Waals surface area contributed by atoms with Crippen molar-refractivity contribution in [3.8, 4) is 0 Å². The van der Waals surface area contributed by atoms with E-state index in [2.05, 4.69) is 0 Å². The van der Waals surface area contributed by atoms with Crippen molar-refractivity contribution in [2.45, 2.75) is 25.7 Å². The van der Waals surface area contributed by atoms with Gasteiger partial charge >= 0.3 is 11.9 Å². The number of nitrogens with zero attached hydrogens (tertiary/aromatic N) is 1. The van der Waals surface area contributed by atoms with Crippen molar-refractivity contribution in [3.63, 3.8) is 0 Å². The zero-order valence-corrected chi connectivity index (χ0v) is 15.3. The Kier molecular flexibility index (Phi) is 8.30. The summed E-state index contributed by atoms with van der Waals surface area (Å²) < 4.78 is 29.0. The number of hydrogen-bond acceptors (Lipinski definition) is 5. The third-order valence-corrected chi connectivity index (χ3v) is 4.61. The highest BCUT2D eigenvalue weighted by atomic mass is 35.5. The first-order valence-electron chi connectivity index (χ1n) is 7.57. The Morgan fingerprint density at radius 1 is 1.32 bits per heavy atom. The lowest BCUT2D eigenvalue weighted by molar-refractivity contribution is -0.146. The monoisotopic (exact) mass is 392 g/mol. The Labute approximate surface area is 151 Å². The molecule has 0 aliphatic rings. The van der Waals surface area contributed by atoms with Gasteiger partial charge in [-0.2, -0.15) is 12.7 Å². The molecule has 140 valence electrons. The fourth-order valence-electron chi connectivity index (χ4n) is 2.04. The van der Waals surface area contributed by atoms with Gasteiger partial charge in [-0.05, 0) is 24.1 Å². The maximum atomic E-state index is 12.4. The number of aliphatic carboxylic acids is 1. The topological polar surface area (TPSA) is 127 Å². The molecule has 25 heavy (non-hydrogen) atoms. The predicted molar refractivity (Wildman–Crippen MR) is 92.4 cm³/mol. The van der Waals surface area contributed by atoms with E-state index in [9.17, 15) is 18.0 Å². The smallest absolute Gasteiger partial charge is 0.318 e. The van der Waals surface area contributed by atoms with Gasteiger partial charge in [0.25, 0.3) is 10.2 Å². The Balaban J connectivity index is 3.09. The zero-order valence-electron chi connectivity index (χ0n) is 13.7. The third kappa shape index (κ3) is 7.39. The molecule has 0 bridgehead atoms.